The van der Waals surface area contributed by atoms with E-state index in [1.165, 1.54) is 0 Å². The largest absolute Gasteiger partial charge is 0.375 e. The molecule has 0 bridgehead atoms. The van der Waals surface area contributed by atoms with Gasteiger partial charge >= 0.3 is 0 Å². The van der Waals surface area contributed by atoms with Crippen molar-refractivity contribution in [1.29, 1.82) is 0 Å². The Bertz CT molecular complexity index is 785. The van der Waals surface area contributed by atoms with Crippen LogP contribution in [0.15, 0.2) is 46.9 Å². The number of carbonyl (C=O) groups excluding carboxylic acids is 2. The molecule has 2 aromatic rings. The minimum Gasteiger partial charge on any atom is -0.375 e. The molecular formula is C18H16BrNO3. The fourth-order valence-corrected chi connectivity index (χ4v) is 3.02. The highest BCUT2D eigenvalue weighted by atomic mass is 79.9. The number of amides is 1. The lowest BCUT2D eigenvalue weighted by molar-refractivity contribution is -0.133. The maximum absolute atomic E-state index is 12.5. The van der Waals surface area contributed by atoms with Crippen molar-refractivity contribution in [3.8, 4) is 0 Å². The van der Waals surface area contributed by atoms with Gasteiger partial charge in [0, 0.05) is 21.3 Å². The maximum Gasteiger partial charge on any atom is 0.261 e. The third kappa shape index (κ3) is 2.82. The van der Waals surface area contributed by atoms with E-state index in [1.54, 1.807) is 36.4 Å². The van der Waals surface area contributed by atoms with Gasteiger partial charge in [0.1, 0.15) is 0 Å². The molecule has 0 unspecified atom stereocenters. The molecule has 5 heteroatoms. The van der Waals surface area contributed by atoms with Gasteiger partial charge in [-0.2, -0.15) is 0 Å². The topological polar surface area (TPSA) is 66.4 Å². The summed E-state index contributed by atoms with van der Waals surface area (Å²) < 4.78 is 0.865. The second-order valence-electron chi connectivity index (χ2n) is 5.65. The van der Waals surface area contributed by atoms with Crippen LogP contribution >= 0.6 is 15.9 Å². The van der Waals surface area contributed by atoms with E-state index in [0.717, 1.165) is 16.5 Å². The summed E-state index contributed by atoms with van der Waals surface area (Å²) in [6.45, 7) is 2.00. The van der Waals surface area contributed by atoms with Gasteiger partial charge in [-0.3, -0.25) is 9.59 Å². The van der Waals surface area contributed by atoms with Crippen LogP contribution in [-0.4, -0.2) is 16.8 Å². The minimum atomic E-state index is -1.81. The lowest BCUT2D eigenvalue weighted by Gasteiger charge is -2.20. The molecular weight excluding hydrogens is 358 g/mol. The van der Waals surface area contributed by atoms with E-state index in [4.69, 9.17) is 0 Å². The van der Waals surface area contributed by atoms with Crippen molar-refractivity contribution in [2.24, 2.45) is 0 Å². The monoisotopic (exact) mass is 373 g/mol. The van der Waals surface area contributed by atoms with Gasteiger partial charge in [-0.1, -0.05) is 47.1 Å². The van der Waals surface area contributed by atoms with Gasteiger partial charge in [0.2, 0.25) is 0 Å². The first-order valence-corrected chi connectivity index (χ1v) is 8.19. The summed E-state index contributed by atoms with van der Waals surface area (Å²) in [7, 11) is 0. The van der Waals surface area contributed by atoms with Gasteiger partial charge in [0.05, 0.1) is 6.42 Å². The van der Waals surface area contributed by atoms with Crippen molar-refractivity contribution in [2.45, 2.75) is 25.4 Å². The first-order chi connectivity index (χ1) is 10.9. The Balaban J connectivity index is 1.94. The Kier molecular flexibility index (Phi) is 4.08. The van der Waals surface area contributed by atoms with Crippen LogP contribution < -0.4 is 5.32 Å². The van der Waals surface area contributed by atoms with Crippen LogP contribution in [0.1, 0.15) is 34.8 Å². The number of fused-ring (bicyclic) bond motifs is 1. The zero-order chi connectivity index (χ0) is 16.6. The number of benzene rings is 2. The number of carbonyl (C=O) groups is 2. The van der Waals surface area contributed by atoms with Gasteiger partial charge in [-0.05, 0) is 30.2 Å². The Labute approximate surface area is 142 Å². The Morgan fingerprint density at radius 1 is 1.22 bits per heavy atom. The molecule has 1 heterocycles. The van der Waals surface area contributed by atoms with E-state index in [9.17, 15) is 14.7 Å². The van der Waals surface area contributed by atoms with E-state index in [1.807, 2.05) is 13.0 Å². The summed E-state index contributed by atoms with van der Waals surface area (Å²) in [6.07, 6.45) is 0.513. The highest BCUT2D eigenvalue weighted by Gasteiger charge is 2.46. The Hall–Kier alpha value is -1.98. The lowest BCUT2D eigenvalue weighted by Crippen LogP contribution is -2.36. The number of rotatable bonds is 4. The van der Waals surface area contributed by atoms with Crippen LogP contribution in [0.4, 0.5) is 5.69 Å². The molecule has 1 aliphatic rings. The van der Waals surface area contributed by atoms with Crippen molar-refractivity contribution < 1.29 is 14.7 Å². The first-order valence-electron chi connectivity index (χ1n) is 7.40. The summed E-state index contributed by atoms with van der Waals surface area (Å²) in [6, 6.07) is 12.3. The van der Waals surface area contributed by atoms with Crippen LogP contribution in [-0.2, 0) is 16.8 Å². The molecule has 23 heavy (non-hydrogen) atoms. The molecule has 0 aromatic heterocycles. The zero-order valence-electron chi connectivity index (χ0n) is 12.6. The first kappa shape index (κ1) is 15.9. The van der Waals surface area contributed by atoms with Crippen molar-refractivity contribution in [1.82, 2.24) is 0 Å². The van der Waals surface area contributed by atoms with Crippen LogP contribution in [0.2, 0.25) is 0 Å². The Morgan fingerprint density at radius 3 is 2.57 bits per heavy atom. The van der Waals surface area contributed by atoms with Gasteiger partial charge in [0.25, 0.3) is 5.91 Å². The summed E-state index contributed by atoms with van der Waals surface area (Å²) in [5, 5.41) is 13.5. The third-order valence-corrected chi connectivity index (χ3v) is 4.67. The number of ketones is 1. The summed E-state index contributed by atoms with van der Waals surface area (Å²) in [5.74, 6) is -0.823. The second kappa shape index (κ2) is 5.91. The summed E-state index contributed by atoms with van der Waals surface area (Å²) >= 11 is 3.32. The molecule has 1 atom stereocenters. The predicted octanol–water partition coefficient (Wildman–Crippen LogP) is 3.42. The van der Waals surface area contributed by atoms with Crippen LogP contribution in [0, 0.1) is 0 Å². The van der Waals surface area contributed by atoms with E-state index in [-0.39, 0.29) is 12.2 Å². The van der Waals surface area contributed by atoms with Crippen molar-refractivity contribution in [2.75, 3.05) is 5.32 Å². The molecule has 1 amide bonds. The average Bonchev–Trinajstić information content (AvgIpc) is 2.78. The average molecular weight is 374 g/mol. The van der Waals surface area contributed by atoms with E-state index in [0.29, 0.717) is 16.8 Å². The van der Waals surface area contributed by atoms with Gasteiger partial charge in [0.15, 0.2) is 11.4 Å². The molecule has 118 valence electrons. The van der Waals surface area contributed by atoms with Gasteiger partial charge in [-0.25, -0.2) is 0 Å². The number of halogens is 1. The number of aliphatic hydroxyl groups is 1. The SMILES string of the molecule is CCc1ccc2c(c1)[C@](O)(CC(=O)c1ccc(Br)cc1)C(=O)N2. The number of hydrogen-bond donors (Lipinski definition) is 2. The fraction of sp³-hybridized carbons (Fsp3) is 0.222. The Morgan fingerprint density at radius 2 is 1.91 bits per heavy atom. The van der Waals surface area contributed by atoms with Crippen molar-refractivity contribution in [3.63, 3.8) is 0 Å². The number of Topliss-reactive ketones (excluding diaryl/α,β-unsaturated/α-hetero) is 1. The molecule has 0 saturated heterocycles. The van der Waals surface area contributed by atoms with Crippen molar-refractivity contribution >= 4 is 33.3 Å². The number of hydrogen-bond acceptors (Lipinski definition) is 3. The second-order valence-corrected chi connectivity index (χ2v) is 6.57. The lowest BCUT2D eigenvalue weighted by atomic mass is 9.87. The highest BCUT2D eigenvalue weighted by molar-refractivity contribution is 9.10. The minimum absolute atomic E-state index is 0.273. The van der Waals surface area contributed by atoms with Gasteiger partial charge in [-0.15, -0.1) is 0 Å². The van der Waals surface area contributed by atoms with Crippen LogP contribution in [0.3, 0.4) is 0 Å². The third-order valence-electron chi connectivity index (χ3n) is 4.14. The van der Waals surface area contributed by atoms with Crippen LogP contribution in [0.5, 0.6) is 0 Å². The molecule has 0 saturated carbocycles. The number of aryl methyl sites for hydroxylation is 1. The quantitative estimate of drug-likeness (QED) is 0.806. The molecule has 0 spiro atoms. The number of nitrogens with one attached hydrogen (secondary N) is 1. The fourth-order valence-electron chi connectivity index (χ4n) is 2.76. The van der Waals surface area contributed by atoms with E-state index < -0.39 is 11.5 Å². The molecule has 0 radical (unpaired) electrons. The summed E-state index contributed by atoms with van der Waals surface area (Å²) in [4.78, 5) is 24.7. The number of anilines is 1. The van der Waals surface area contributed by atoms with Gasteiger partial charge < -0.3 is 10.4 Å². The maximum atomic E-state index is 12.5. The predicted molar refractivity (Wildman–Crippen MR) is 91.4 cm³/mol. The van der Waals surface area contributed by atoms with E-state index in [2.05, 4.69) is 21.2 Å². The standard InChI is InChI=1S/C18H16BrNO3/c1-2-11-3-8-15-14(9-11)18(23,17(22)20-15)10-16(21)12-4-6-13(19)7-5-12/h3-9,23H,2,10H2,1H3,(H,20,22)/t18-/m1/s1. The molecule has 0 fully saturated rings. The van der Waals surface area contributed by atoms with E-state index >= 15 is 0 Å². The zero-order valence-corrected chi connectivity index (χ0v) is 14.2. The molecule has 1 aliphatic heterocycles. The molecule has 4 nitrogen and oxygen atoms in total. The molecule has 0 aliphatic carbocycles. The smallest absolute Gasteiger partial charge is 0.261 e. The van der Waals surface area contributed by atoms with Crippen LogP contribution in [0.25, 0.3) is 0 Å². The molecule has 3 rings (SSSR count). The van der Waals surface area contributed by atoms with Crippen molar-refractivity contribution in [3.05, 3.63) is 63.6 Å². The molecule has 2 N–H and O–H groups in total. The highest BCUT2D eigenvalue weighted by Crippen LogP contribution is 2.39. The summed E-state index contributed by atoms with van der Waals surface area (Å²) in [5.41, 5.74) is 0.708. The molecule has 2 aromatic carbocycles. The normalized spacial score (nSPS) is 19.3.